The van der Waals surface area contributed by atoms with Crippen molar-refractivity contribution >= 4 is 60.9 Å². The maximum Gasteiger partial charge on any atom is 0.159 e. The van der Waals surface area contributed by atoms with Gasteiger partial charge in [-0.3, -0.25) is 0 Å². The normalized spacial score (nSPS) is 11.5. The lowest BCUT2D eigenvalue weighted by atomic mass is 9.94. The first-order chi connectivity index (χ1) is 28.3. The van der Waals surface area contributed by atoms with Crippen LogP contribution in [-0.2, 0) is 0 Å². The van der Waals surface area contributed by atoms with Gasteiger partial charge in [-0.2, -0.15) is 0 Å². The summed E-state index contributed by atoms with van der Waals surface area (Å²) in [5.41, 5.74) is 15.8. The molecule has 0 bridgehead atoms. The van der Waals surface area contributed by atoms with Crippen LogP contribution in [0.5, 0.6) is 0 Å². The van der Waals surface area contributed by atoms with E-state index in [4.69, 9.17) is 8.83 Å². The first kappa shape index (κ1) is 32.8. The topological polar surface area (TPSA) is 29.5 Å². The predicted octanol–water partition coefficient (Wildman–Crippen LogP) is 15.6. The smallest absolute Gasteiger partial charge is 0.159 e. The number of para-hydroxylation sites is 3. The second-order valence-electron chi connectivity index (χ2n) is 14.5. The molecule has 0 aliphatic rings. The number of rotatable bonds is 7. The highest BCUT2D eigenvalue weighted by molar-refractivity contribution is 6.11. The Morgan fingerprint density at radius 1 is 0.281 bits per heavy atom. The molecule has 2 heterocycles. The van der Waals surface area contributed by atoms with Gasteiger partial charge in [0.2, 0.25) is 0 Å². The Labute approximate surface area is 330 Å². The second kappa shape index (κ2) is 13.6. The Morgan fingerprint density at radius 3 is 1.46 bits per heavy atom. The van der Waals surface area contributed by atoms with Crippen LogP contribution in [0.3, 0.4) is 0 Å². The Bertz CT molecular complexity index is 3210. The maximum absolute atomic E-state index is 6.61. The minimum Gasteiger partial charge on any atom is -0.455 e. The van der Waals surface area contributed by atoms with Gasteiger partial charge in [0.1, 0.15) is 16.7 Å². The molecule has 0 aliphatic heterocycles. The highest BCUT2D eigenvalue weighted by Gasteiger charge is 2.20. The van der Waals surface area contributed by atoms with E-state index < -0.39 is 0 Å². The van der Waals surface area contributed by atoms with E-state index in [1.54, 1.807) is 0 Å². The Kier molecular flexibility index (Phi) is 7.82. The van der Waals surface area contributed by atoms with Gasteiger partial charge in [0.25, 0.3) is 0 Å². The van der Waals surface area contributed by atoms with Crippen molar-refractivity contribution in [1.82, 2.24) is 0 Å². The van der Waals surface area contributed by atoms with Crippen molar-refractivity contribution in [2.75, 3.05) is 4.90 Å². The van der Waals surface area contributed by atoms with Crippen LogP contribution in [0.2, 0.25) is 0 Å². The fraction of sp³-hybridized carbons (Fsp3) is 0. The fourth-order valence-electron chi connectivity index (χ4n) is 8.36. The van der Waals surface area contributed by atoms with Gasteiger partial charge in [0.15, 0.2) is 5.58 Å². The van der Waals surface area contributed by atoms with Gasteiger partial charge in [-0.05, 0) is 87.5 Å². The van der Waals surface area contributed by atoms with E-state index in [1.165, 1.54) is 16.7 Å². The number of anilines is 3. The summed E-state index contributed by atoms with van der Waals surface area (Å²) >= 11 is 0. The van der Waals surface area contributed by atoms with Crippen molar-refractivity contribution in [3.63, 3.8) is 0 Å². The van der Waals surface area contributed by atoms with Crippen molar-refractivity contribution in [2.24, 2.45) is 0 Å². The average molecular weight is 730 g/mol. The maximum atomic E-state index is 6.61. The zero-order chi connectivity index (χ0) is 37.7. The monoisotopic (exact) mass is 729 g/mol. The molecule has 0 aliphatic carbocycles. The van der Waals surface area contributed by atoms with E-state index in [-0.39, 0.29) is 0 Å². The third-order valence-electron chi connectivity index (χ3n) is 11.1. The Hall–Kier alpha value is -7.62. The molecule has 3 heteroatoms. The summed E-state index contributed by atoms with van der Waals surface area (Å²) in [6.45, 7) is 0. The van der Waals surface area contributed by atoms with Crippen LogP contribution in [0.15, 0.2) is 221 Å². The molecule has 57 heavy (non-hydrogen) atoms. The van der Waals surface area contributed by atoms with Crippen molar-refractivity contribution in [1.29, 1.82) is 0 Å². The zero-order valence-corrected chi connectivity index (χ0v) is 31.0. The number of benzene rings is 9. The SMILES string of the molecule is c1ccc(-c2ccccc2-c2ccc(N(c3ccc(-c4ccc5c(c4)oc4c(-c6ccccc6)cccc45)cc3)c3cccc4c3oc3ccccc34)cc2)cc1. The van der Waals surface area contributed by atoms with E-state index in [9.17, 15) is 0 Å². The van der Waals surface area contributed by atoms with E-state index in [0.717, 1.165) is 88.8 Å². The molecular weight excluding hydrogens is 695 g/mol. The quantitative estimate of drug-likeness (QED) is 0.164. The molecule has 0 saturated heterocycles. The highest BCUT2D eigenvalue weighted by Crippen LogP contribution is 2.44. The van der Waals surface area contributed by atoms with E-state index in [0.29, 0.717) is 0 Å². The van der Waals surface area contributed by atoms with Gasteiger partial charge >= 0.3 is 0 Å². The third kappa shape index (κ3) is 5.68. The van der Waals surface area contributed by atoms with Gasteiger partial charge in [-0.25, -0.2) is 0 Å². The summed E-state index contributed by atoms with van der Waals surface area (Å²) in [5, 5.41) is 4.43. The van der Waals surface area contributed by atoms with Crippen molar-refractivity contribution in [3.05, 3.63) is 212 Å². The molecular formula is C54H35NO2. The summed E-state index contributed by atoms with van der Waals surface area (Å²) in [7, 11) is 0. The third-order valence-corrected chi connectivity index (χ3v) is 11.1. The first-order valence-corrected chi connectivity index (χ1v) is 19.3. The summed E-state index contributed by atoms with van der Waals surface area (Å²) in [5.74, 6) is 0. The van der Waals surface area contributed by atoms with Crippen LogP contribution in [0.4, 0.5) is 17.1 Å². The number of fused-ring (bicyclic) bond motifs is 6. The van der Waals surface area contributed by atoms with Gasteiger partial charge < -0.3 is 13.7 Å². The van der Waals surface area contributed by atoms with Crippen LogP contribution in [-0.4, -0.2) is 0 Å². The number of nitrogens with zero attached hydrogens (tertiary/aromatic N) is 1. The van der Waals surface area contributed by atoms with Gasteiger partial charge in [-0.1, -0.05) is 164 Å². The van der Waals surface area contributed by atoms with Crippen molar-refractivity contribution in [2.45, 2.75) is 0 Å². The molecule has 11 aromatic rings. The summed E-state index contributed by atoms with van der Waals surface area (Å²) in [6, 6.07) is 74.9. The molecule has 0 unspecified atom stereocenters. The minimum atomic E-state index is 0.853. The minimum absolute atomic E-state index is 0.853. The van der Waals surface area contributed by atoms with E-state index in [2.05, 4.69) is 199 Å². The molecule has 0 amide bonds. The molecule has 11 rings (SSSR count). The first-order valence-electron chi connectivity index (χ1n) is 19.3. The molecule has 0 spiro atoms. The van der Waals surface area contributed by atoms with E-state index in [1.807, 2.05) is 18.2 Å². The second-order valence-corrected chi connectivity index (χ2v) is 14.5. The standard InChI is InChI=1S/C54H35NO2/c1-3-13-37(14-4-1)43-17-7-8-18-44(43)39-27-32-42(33-28-39)55(50-23-12-22-49-46-19-9-10-24-51(46)56-54(49)50)41-30-25-36(26-31-41)40-29-34-47-48-21-11-20-45(38-15-5-2-6-16-38)53(48)57-52(47)35-40/h1-35H. The molecule has 0 fully saturated rings. The molecule has 0 saturated carbocycles. The zero-order valence-electron chi connectivity index (χ0n) is 31.0. The summed E-state index contributed by atoms with van der Waals surface area (Å²) < 4.78 is 13.2. The molecule has 0 atom stereocenters. The number of furan rings is 2. The van der Waals surface area contributed by atoms with Crippen LogP contribution in [0, 0.1) is 0 Å². The molecule has 2 aromatic heterocycles. The largest absolute Gasteiger partial charge is 0.455 e. The van der Waals surface area contributed by atoms with E-state index >= 15 is 0 Å². The van der Waals surface area contributed by atoms with Crippen LogP contribution in [0.1, 0.15) is 0 Å². The molecule has 3 nitrogen and oxygen atoms in total. The number of hydrogen-bond acceptors (Lipinski definition) is 3. The lowest BCUT2D eigenvalue weighted by Gasteiger charge is -2.26. The van der Waals surface area contributed by atoms with Crippen LogP contribution < -0.4 is 4.90 Å². The lowest BCUT2D eigenvalue weighted by Crippen LogP contribution is -2.10. The summed E-state index contributed by atoms with van der Waals surface area (Å²) in [6.07, 6.45) is 0. The Morgan fingerprint density at radius 2 is 0.754 bits per heavy atom. The number of hydrogen-bond donors (Lipinski definition) is 0. The Balaban J connectivity index is 1.00. The van der Waals surface area contributed by atoms with Gasteiger partial charge in [-0.15, -0.1) is 0 Å². The fourth-order valence-corrected chi connectivity index (χ4v) is 8.36. The lowest BCUT2D eigenvalue weighted by molar-refractivity contribution is 0.669. The average Bonchev–Trinajstić information content (AvgIpc) is 3.86. The predicted molar refractivity (Wildman–Crippen MR) is 237 cm³/mol. The highest BCUT2D eigenvalue weighted by atomic mass is 16.3. The van der Waals surface area contributed by atoms with Gasteiger partial charge in [0, 0.05) is 38.5 Å². The van der Waals surface area contributed by atoms with Gasteiger partial charge in [0.05, 0.1) is 5.69 Å². The summed E-state index contributed by atoms with van der Waals surface area (Å²) in [4.78, 5) is 2.30. The van der Waals surface area contributed by atoms with Crippen molar-refractivity contribution < 1.29 is 8.83 Å². The molecule has 9 aromatic carbocycles. The van der Waals surface area contributed by atoms with Crippen LogP contribution >= 0.6 is 0 Å². The molecule has 268 valence electrons. The molecule has 0 radical (unpaired) electrons. The van der Waals surface area contributed by atoms with Crippen molar-refractivity contribution in [3.8, 4) is 44.5 Å². The van der Waals surface area contributed by atoms with Crippen LogP contribution in [0.25, 0.3) is 88.4 Å². The molecule has 0 N–H and O–H groups in total.